The molecule has 0 unspecified atom stereocenters. The van der Waals surface area contributed by atoms with Crippen LogP contribution in [0.25, 0.3) is 0 Å². The first-order chi connectivity index (χ1) is 10.7. The molecule has 0 aliphatic carbocycles. The van der Waals surface area contributed by atoms with Gasteiger partial charge in [-0.1, -0.05) is 0 Å². The highest BCUT2D eigenvalue weighted by atomic mass is 16.6. The Hall–Kier alpha value is -2.38. The number of aromatic carboxylic acids is 1. The number of carbonyl (C=O) groups excluding carboxylic acids is 1. The van der Waals surface area contributed by atoms with Crippen molar-refractivity contribution >= 4 is 17.9 Å². The molecular weight excluding hydrogens is 300 g/mol. The number of carboxylic acid groups (broad SMARTS) is 1. The van der Waals surface area contributed by atoms with Crippen LogP contribution in [0, 0.1) is 5.92 Å². The molecule has 0 bridgehead atoms. The van der Waals surface area contributed by atoms with Crippen LogP contribution < -0.4 is 10.2 Å². The molecule has 2 rings (SSSR count). The van der Waals surface area contributed by atoms with E-state index >= 15 is 0 Å². The molecule has 8 nitrogen and oxygen atoms in total. The molecule has 0 radical (unpaired) electrons. The lowest BCUT2D eigenvalue weighted by atomic mass is 10.1. The van der Waals surface area contributed by atoms with E-state index in [-0.39, 0.29) is 11.6 Å². The normalized spacial score (nSPS) is 17.9. The number of anilines is 1. The van der Waals surface area contributed by atoms with Crippen molar-refractivity contribution in [3.63, 3.8) is 0 Å². The van der Waals surface area contributed by atoms with Crippen LogP contribution in [-0.2, 0) is 4.74 Å². The van der Waals surface area contributed by atoms with E-state index in [1.807, 2.05) is 25.7 Å². The molecule has 0 spiro atoms. The number of hydrogen-bond donors (Lipinski definition) is 2. The molecule has 1 saturated heterocycles. The van der Waals surface area contributed by atoms with Crippen LogP contribution in [0.4, 0.5) is 10.6 Å². The van der Waals surface area contributed by atoms with E-state index in [0.717, 1.165) is 13.0 Å². The summed E-state index contributed by atoms with van der Waals surface area (Å²) < 4.78 is 5.20. The Kier molecular flexibility index (Phi) is 5.02. The maximum Gasteiger partial charge on any atom is 0.407 e. The first-order valence-corrected chi connectivity index (χ1v) is 7.52. The van der Waals surface area contributed by atoms with E-state index in [4.69, 9.17) is 9.84 Å². The average molecular weight is 322 g/mol. The van der Waals surface area contributed by atoms with Gasteiger partial charge in [-0.2, -0.15) is 0 Å². The standard InChI is InChI=1S/C15H22N4O4/c1-15(2,3)23-14(22)16-7-10-4-5-19(8-10)12-6-11(13(20)21)17-9-18-12/h6,9-10H,4-5,7-8H2,1-3H3,(H,16,22)(H,20,21)/t10-/m1/s1. The summed E-state index contributed by atoms with van der Waals surface area (Å²) in [4.78, 5) is 32.4. The summed E-state index contributed by atoms with van der Waals surface area (Å²) >= 11 is 0. The van der Waals surface area contributed by atoms with Gasteiger partial charge < -0.3 is 20.1 Å². The topological polar surface area (TPSA) is 105 Å². The first kappa shape index (κ1) is 17.0. The summed E-state index contributed by atoms with van der Waals surface area (Å²) in [6.45, 7) is 7.43. The van der Waals surface area contributed by atoms with Gasteiger partial charge in [0.25, 0.3) is 0 Å². The third-order valence-electron chi connectivity index (χ3n) is 3.42. The summed E-state index contributed by atoms with van der Waals surface area (Å²) in [6, 6.07) is 1.46. The maximum atomic E-state index is 11.7. The fourth-order valence-electron chi connectivity index (χ4n) is 2.39. The number of hydrogen-bond acceptors (Lipinski definition) is 6. The highest BCUT2D eigenvalue weighted by Crippen LogP contribution is 2.22. The van der Waals surface area contributed by atoms with Gasteiger partial charge in [0.1, 0.15) is 17.7 Å². The maximum absolute atomic E-state index is 11.7. The highest BCUT2D eigenvalue weighted by Gasteiger charge is 2.25. The van der Waals surface area contributed by atoms with Crippen molar-refractivity contribution < 1.29 is 19.4 Å². The molecule has 0 aromatic carbocycles. The number of amides is 1. The predicted molar refractivity (Wildman–Crippen MR) is 83.5 cm³/mol. The predicted octanol–water partition coefficient (Wildman–Crippen LogP) is 1.53. The van der Waals surface area contributed by atoms with Crippen molar-refractivity contribution in [2.24, 2.45) is 5.92 Å². The Labute approximate surface area is 134 Å². The number of nitrogens with zero attached hydrogens (tertiary/aromatic N) is 3. The van der Waals surface area contributed by atoms with E-state index in [2.05, 4.69) is 15.3 Å². The molecule has 0 saturated carbocycles. The summed E-state index contributed by atoms with van der Waals surface area (Å²) in [6.07, 6.45) is 1.72. The lowest BCUT2D eigenvalue weighted by Gasteiger charge is -2.21. The van der Waals surface area contributed by atoms with Gasteiger partial charge in [0, 0.05) is 25.7 Å². The molecule has 1 aliphatic rings. The van der Waals surface area contributed by atoms with Crippen molar-refractivity contribution in [3.05, 3.63) is 18.1 Å². The monoisotopic (exact) mass is 322 g/mol. The molecule has 8 heteroatoms. The number of carboxylic acids is 1. The SMILES string of the molecule is CC(C)(C)OC(=O)NC[C@H]1CCN(c2cc(C(=O)O)ncn2)C1. The summed E-state index contributed by atoms with van der Waals surface area (Å²) in [5.41, 5.74) is -0.537. The smallest absolute Gasteiger partial charge is 0.407 e. The lowest BCUT2D eigenvalue weighted by Crippen LogP contribution is -2.36. The molecule has 126 valence electrons. The molecule has 1 fully saturated rings. The van der Waals surface area contributed by atoms with Crippen LogP contribution in [0.5, 0.6) is 0 Å². The minimum Gasteiger partial charge on any atom is -0.477 e. The average Bonchev–Trinajstić information content (AvgIpc) is 2.92. The van der Waals surface area contributed by atoms with Gasteiger partial charge in [-0.15, -0.1) is 0 Å². The molecule has 1 aromatic rings. The molecule has 2 heterocycles. The number of nitrogens with one attached hydrogen (secondary N) is 1. The summed E-state index contributed by atoms with van der Waals surface area (Å²) in [5, 5.41) is 11.7. The number of aromatic nitrogens is 2. The number of rotatable bonds is 4. The second-order valence-corrected chi connectivity index (χ2v) is 6.55. The Balaban J connectivity index is 1.85. The minimum absolute atomic E-state index is 0.0228. The number of ether oxygens (including phenoxy) is 1. The van der Waals surface area contributed by atoms with Gasteiger partial charge in [-0.05, 0) is 33.1 Å². The lowest BCUT2D eigenvalue weighted by molar-refractivity contribution is 0.0520. The number of carbonyl (C=O) groups is 2. The molecule has 23 heavy (non-hydrogen) atoms. The molecule has 1 aliphatic heterocycles. The second kappa shape index (κ2) is 6.80. The van der Waals surface area contributed by atoms with Gasteiger partial charge in [-0.3, -0.25) is 0 Å². The van der Waals surface area contributed by atoms with Crippen LogP contribution >= 0.6 is 0 Å². The Bertz CT molecular complexity index is 585. The Morgan fingerprint density at radius 1 is 1.43 bits per heavy atom. The van der Waals surface area contributed by atoms with Gasteiger partial charge in [0.05, 0.1) is 0 Å². The van der Waals surface area contributed by atoms with Crippen molar-refractivity contribution in [2.75, 3.05) is 24.5 Å². The van der Waals surface area contributed by atoms with Crippen LogP contribution in [0.15, 0.2) is 12.4 Å². The Morgan fingerprint density at radius 3 is 2.83 bits per heavy atom. The first-order valence-electron chi connectivity index (χ1n) is 7.52. The summed E-state index contributed by atoms with van der Waals surface area (Å²) in [7, 11) is 0. The van der Waals surface area contributed by atoms with Crippen LogP contribution in [0.3, 0.4) is 0 Å². The second-order valence-electron chi connectivity index (χ2n) is 6.55. The van der Waals surface area contributed by atoms with Crippen molar-refractivity contribution in [1.29, 1.82) is 0 Å². The van der Waals surface area contributed by atoms with E-state index in [0.29, 0.717) is 18.9 Å². The third kappa shape index (κ3) is 5.08. The summed E-state index contributed by atoms with van der Waals surface area (Å²) in [5.74, 6) is -0.209. The van der Waals surface area contributed by atoms with Crippen LogP contribution in [0.2, 0.25) is 0 Å². The third-order valence-corrected chi connectivity index (χ3v) is 3.42. The van der Waals surface area contributed by atoms with Gasteiger partial charge in [-0.25, -0.2) is 19.6 Å². The fraction of sp³-hybridized carbons (Fsp3) is 0.600. The van der Waals surface area contributed by atoms with Crippen LogP contribution in [-0.4, -0.2) is 52.4 Å². The molecule has 1 aromatic heterocycles. The van der Waals surface area contributed by atoms with Gasteiger partial charge >= 0.3 is 12.1 Å². The fourth-order valence-corrected chi connectivity index (χ4v) is 2.39. The zero-order valence-electron chi connectivity index (χ0n) is 13.6. The van der Waals surface area contributed by atoms with E-state index < -0.39 is 17.7 Å². The van der Waals surface area contributed by atoms with Crippen LogP contribution in [0.1, 0.15) is 37.7 Å². The van der Waals surface area contributed by atoms with Gasteiger partial charge in [0.2, 0.25) is 0 Å². The Morgan fingerprint density at radius 2 is 2.17 bits per heavy atom. The van der Waals surface area contributed by atoms with E-state index in [1.165, 1.54) is 12.4 Å². The highest BCUT2D eigenvalue weighted by molar-refractivity contribution is 5.86. The molecule has 2 N–H and O–H groups in total. The van der Waals surface area contributed by atoms with Crippen molar-refractivity contribution in [1.82, 2.24) is 15.3 Å². The van der Waals surface area contributed by atoms with E-state index in [9.17, 15) is 9.59 Å². The number of alkyl carbamates (subject to hydrolysis) is 1. The van der Waals surface area contributed by atoms with Crippen molar-refractivity contribution in [3.8, 4) is 0 Å². The van der Waals surface area contributed by atoms with E-state index in [1.54, 1.807) is 0 Å². The molecule has 1 atom stereocenters. The zero-order valence-corrected chi connectivity index (χ0v) is 13.6. The largest absolute Gasteiger partial charge is 0.477 e. The zero-order chi connectivity index (χ0) is 17.0. The molecule has 1 amide bonds. The minimum atomic E-state index is -1.07. The van der Waals surface area contributed by atoms with Gasteiger partial charge in [0.15, 0.2) is 5.69 Å². The quantitative estimate of drug-likeness (QED) is 0.866. The van der Waals surface area contributed by atoms with Crippen molar-refractivity contribution in [2.45, 2.75) is 32.8 Å². The molecular formula is C15H22N4O4.